The number of nitrogens with one attached hydrogen (secondary N) is 2. The number of hydrogen-bond acceptors (Lipinski definition) is 6. The molecule has 1 aliphatic rings. The molecular weight excluding hydrogens is 605 g/mol. The summed E-state index contributed by atoms with van der Waals surface area (Å²) in [6.45, 7) is 8.66. The minimum atomic E-state index is -0.225. The summed E-state index contributed by atoms with van der Waals surface area (Å²) < 4.78 is 6.35. The summed E-state index contributed by atoms with van der Waals surface area (Å²) in [4.78, 5) is 33.1. The molecule has 2 N–H and O–H groups in total. The van der Waals surface area contributed by atoms with E-state index in [0.717, 1.165) is 67.0 Å². The minimum Gasteiger partial charge on any atom is -0.491 e. The number of thiophene rings is 1. The first-order valence-electron chi connectivity index (χ1n) is 17.0. The highest BCUT2D eigenvalue weighted by molar-refractivity contribution is 7.10. The average molecular weight is 653 g/mol. The number of nitrogens with zero attached hydrogens (tertiary/aromatic N) is 2. The van der Waals surface area contributed by atoms with E-state index < -0.39 is 0 Å². The van der Waals surface area contributed by atoms with Crippen molar-refractivity contribution in [2.45, 2.75) is 58.4 Å². The molecule has 0 bridgehead atoms. The summed E-state index contributed by atoms with van der Waals surface area (Å²) in [6.07, 6.45) is 6.33. The molecule has 1 aliphatic heterocycles. The van der Waals surface area contributed by atoms with Gasteiger partial charge in [0.25, 0.3) is 11.8 Å². The zero-order valence-corrected chi connectivity index (χ0v) is 28.8. The van der Waals surface area contributed by atoms with E-state index in [0.29, 0.717) is 41.8 Å². The van der Waals surface area contributed by atoms with Gasteiger partial charge in [0, 0.05) is 28.6 Å². The third kappa shape index (κ3) is 9.10. The zero-order chi connectivity index (χ0) is 33.0. The van der Waals surface area contributed by atoms with Crippen molar-refractivity contribution < 1.29 is 14.3 Å². The highest BCUT2D eigenvalue weighted by Gasteiger charge is 2.22. The monoisotopic (exact) mass is 652 g/mol. The highest BCUT2D eigenvalue weighted by atomic mass is 32.1. The second-order valence-electron chi connectivity index (χ2n) is 12.2. The molecule has 4 aromatic rings. The Balaban J connectivity index is 1.31. The van der Waals surface area contributed by atoms with Crippen molar-refractivity contribution in [3.63, 3.8) is 0 Å². The smallest absolute Gasteiger partial charge is 0.258 e. The third-order valence-corrected chi connectivity index (χ3v) is 9.75. The van der Waals surface area contributed by atoms with Crippen LogP contribution in [0.4, 0.5) is 11.4 Å². The van der Waals surface area contributed by atoms with Gasteiger partial charge in [-0.3, -0.25) is 9.59 Å². The standard InChI is InChI=1S/C39H48N4O3S/c1-4-22-43(36-21-27-47-29(36)2)39(45)31-17-18-35(41-38(44)34-16-10-9-15-33(34)30-13-7-5-8-14-30)37(28-31)46-26-12-6-11-23-42-24-19-32(40-3)20-25-42/h5,7-10,13-18,21,27-28,32,40H,4,6,11-12,19-20,22-26H2,1-3H3,(H,41,44). The number of rotatable bonds is 15. The normalized spacial score (nSPS) is 13.8. The number of benzene rings is 3. The van der Waals surface area contributed by atoms with E-state index in [1.54, 1.807) is 29.5 Å². The number of carbonyl (C=O) groups is 2. The molecular formula is C39H48N4O3S. The maximum absolute atomic E-state index is 13.9. The Morgan fingerprint density at radius 1 is 0.957 bits per heavy atom. The molecule has 8 heteroatoms. The summed E-state index contributed by atoms with van der Waals surface area (Å²) in [5.74, 6) is 0.207. The quantitative estimate of drug-likeness (QED) is 0.127. The maximum atomic E-state index is 13.9. The molecule has 2 amide bonds. The molecule has 248 valence electrons. The molecule has 0 spiro atoms. The lowest BCUT2D eigenvalue weighted by Gasteiger charge is -2.31. The van der Waals surface area contributed by atoms with E-state index in [-0.39, 0.29) is 11.8 Å². The molecule has 3 aromatic carbocycles. The molecule has 47 heavy (non-hydrogen) atoms. The number of likely N-dealkylation sites (tertiary alicyclic amines) is 1. The SMILES string of the molecule is CCCN(C(=O)c1ccc(NC(=O)c2ccccc2-c2ccccc2)c(OCCCCCN2CCC(NC)CC2)c1)c1ccsc1C. The molecule has 7 nitrogen and oxygen atoms in total. The fourth-order valence-corrected chi connectivity index (χ4v) is 6.93. The maximum Gasteiger partial charge on any atom is 0.258 e. The number of aryl methyl sites for hydroxylation is 1. The van der Waals surface area contributed by atoms with Crippen molar-refractivity contribution in [2.75, 3.05) is 50.1 Å². The van der Waals surface area contributed by atoms with E-state index >= 15 is 0 Å². The number of ether oxygens (including phenoxy) is 1. The highest BCUT2D eigenvalue weighted by Crippen LogP contribution is 2.32. The van der Waals surface area contributed by atoms with Crippen LogP contribution in [0.25, 0.3) is 11.1 Å². The van der Waals surface area contributed by atoms with Gasteiger partial charge in [0.05, 0.1) is 18.0 Å². The van der Waals surface area contributed by atoms with Crippen molar-refractivity contribution in [1.82, 2.24) is 10.2 Å². The average Bonchev–Trinajstić information content (AvgIpc) is 3.54. The fourth-order valence-electron chi connectivity index (χ4n) is 6.23. The van der Waals surface area contributed by atoms with Crippen LogP contribution in [0.15, 0.2) is 84.2 Å². The molecule has 1 fully saturated rings. The first kappa shape index (κ1) is 34.4. The summed E-state index contributed by atoms with van der Waals surface area (Å²) >= 11 is 1.64. The Morgan fingerprint density at radius 2 is 1.72 bits per heavy atom. The summed E-state index contributed by atoms with van der Waals surface area (Å²) in [6, 6.07) is 25.5. The largest absolute Gasteiger partial charge is 0.491 e. The number of piperidine rings is 1. The van der Waals surface area contributed by atoms with E-state index in [1.165, 1.54) is 12.8 Å². The Morgan fingerprint density at radius 3 is 2.45 bits per heavy atom. The van der Waals surface area contributed by atoms with E-state index in [1.807, 2.05) is 77.9 Å². The van der Waals surface area contributed by atoms with Crippen LogP contribution in [0, 0.1) is 6.92 Å². The predicted molar refractivity (Wildman–Crippen MR) is 195 cm³/mol. The van der Waals surface area contributed by atoms with Crippen molar-refractivity contribution >= 4 is 34.5 Å². The number of carbonyl (C=O) groups excluding carboxylic acids is 2. The van der Waals surface area contributed by atoms with Gasteiger partial charge >= 0.3 is 0 Å². The number of anilines is 2. The van der Waals surface area contributed by atoms with Crippen LogP contribution in [-0.2, 0) is 0 Å². The Hall–Kier alpha value is -3.98. The first-order chi connectivity index (χ1) is 23.0. The van der Waals surface area contributed by atoms with Crippen molar-refractivity contribution in [2.24, 2.45) is 0 Å². The first-order valence-corrected chi connectivity index (χ1v) is 17.8. The van der Waals surface area contributed by atoms with Crippen LogP contribution < -0.4 is 20.3 Å². The molecule has 0 saturated carbocycles. The number of unbranched alkanes of at least 4 members (excludes halogenated alkanes) is 2. The molecule has 0 aliphatic carbocycles. The summed E-state index contributed by atoms with van der Waals surface area (Å²) in [7, 11) is 2.05. The second kappa shape index (κ2) is 17.3. The molecule has 1 aromatic heterocycles. The lowest BCUT2D eigenvalue weighted by molar-refractivity contribution is 0.0985. The second-order valence-corrected chi connectivity index (χ2v) is 13.3. The van der Waals surface area contributed by atoms with Crippen molar-refractivity contribution in [3.05, 3.63) is 100 Å². The molecule has 0 unspecified atom stereocenters. The predicted octanol–water partition coefficient (Wildman–Crippen LogP) is 8.27. The van der Waals surface area contributed by atoms with Gasteiger partial charge in [-0.15, -0.1) is 11.3 Å². The van der Waals surface area contributed by atoms with Crippen LogP contribution in [0.2, 0.25) is 0 Å². The van der Waals surface area contributed by atoms with Crippen LogP contribution in [-0.4, -0.2) is 62.6 Å². The number of amides is 2. The van der Waals surface area contributed by atoms with Crippen LogP contribution in [0.3, 0.4) is 0 Å². The lowest BCUT2D eigenvalue weighted by Crippen LogP contribution is -2.41. The Bertz CT molecular complexity index is 1600. The van der Waals surface area contributed by atoms with Crippen LogP contribution in [0.1, 0.15) is 71.0 Å². The van der Waals surface area contributed by atoms with Crippen molar-refractivity contribution in [1.29, 1.82) is 0 Å². The van der Waals surface area contributed by atoms with Gasteiger partial charge in [-0.25, -0.2) is 0 Å². The van der Waals surface area contributed by atoms with Gasteiger partial charge in [0.15, 0.2) is 0 Å². The summed E-state index contributed by atoms with van der Waals surface area (Å²) in [5.41, 5.74) is 4.43. The zero-order valence-electron chi connectivity index (χ0n) is 28.0. The van der Waals surface area contributed by atoms with Gasteiger partial charge in [0.1, 0.15) is 5.75 Å². The van der Waals surface area contributed by atoms with Gasteiger partial charge in [-0.2, -0.15) is 0 Å². The lowest BCUT2D eigenvalue weighted by atomic mass is 9.99. The fraction of sp³-hybridized carbons (Fsp3) is 0.385. The van der Waals surface area contributed by atoms with Gasteiger partial charge in [-0.05, 0) is 119 Å². The third-order valence-electron chi connectivity index (χ3n) is 8.92. The molecule has 5 rings (SSSR count). The van der Waals surface area contributed by atoms with Gasteiger partial charge in [0.2, 0.25) is 0 Å². The van der Waals surface area contributed by atoms with E-state index in [2.05, 4.69) is 29.5 Å². The molecule has 2 heterocycles. The van der Waals surface area contributed by atoms with Crippen LogP contribution >= 0.6 is 11.3 Å². The Labute approximate surface area is 283 Å². The number of hydrogen-bond donors (Lipinski definition) is 2. The molecule has 0 atom stereocenters. The van der Waals surface area contributed by atoms with E-state index in [9.17, 15) is 9.59 Å². The molecule has 0 radical (unpaired) electrons. The Kier molecular flexibility index (Phi) is 12.6. The molecule has 1 saturated heterocycles. The van der Waals surface area contributed by atoms with Gasteiger partial charge in [-0.1, -0.05) is 55.5 Å². The van der Waals surface area contributed by atoms with E-state index in [4.69, 9.17) is 4.74 Å². The topological polar surface area (TPSA) is 73.9 Å². The van der Waals surface area contributed by atoms with Crippen LogP contribution in [0.5, 0.6) is 5.75 Å². The van der Waals surface area contributed by atoms with Crippen molar-refractivity contribution in [3.8, 4) is 16.9 Å². The minimum absolute atomic E-state index is 0.0763. The van der Waals surface area contributed by atoms with Gasteiger partial charge < -0.3 is 25.2 Å². The summed E-state index contributed by atoms with van der Waals surface area (Å²) in [5, 5.41) is 8.52.